The summed E-state index contributed by atoms with van der Waals surface area (Å²) in [7, 11) is 2.16. The predicted octanol–water partition coefficient (Wildman–Crippen LogP) is 3.43. The molecule has 23 heavy (non-hydrogen) atoms. The van der Waals surface area contributed by atoms with Crippen LogP contribution in [0, 0.1) is 0 Å². The summed E-state index contributed by atoms with van der Waals surface area (Å²) in [6.45, 7) is 2.21. The number of halogens is 1. The van der Waals surface area contributed by atoms with Crippen LogP contribution in [0.5, 0.6) is 0 Å². The molecule has 1 aliphatic heterocycles. The minimum Gasteiger partial charge on any atom is -0.473 e. The third kappa shape index (κ3) is 4.79. The van der Waals surface area contributed by atoms with Gasteiger partial charge in [-0.25, -0.2) is 9.59 Å². The monoisotopic (exact) mass is 353 g/mol. The minimum atomic E-state index is -1.82. The standard InChI is InChI=1S/C14H14ClNS.C2H2O4/c1-16-6-4-10(5-7-16)14-9-11-8-12(15)2-3-13(11)17-14;3-1(4)2(5)6/h2-4,8-9H,5-7H2,1H3;(H,3,4)(H,5,6). The number of hydrogen-bond donors (Lipinski definition) is 2. The summed E-state index contributed by atoms with van der Waals surface area (Å²) in [6, 6.07) is 8.39. The Kier molecular flexibility index (Phi) is 5.76. The van der Waals surface area contributed by atoms with Gasteiger partial charge in [0.2, 0.25) is 0 Å². The van der Waals surface area contributed by atoms with E-state index in [2.05, 4.69) is 30.2 Å². The van der Waals surface area contributed by atoms with Crippen LogP contribution < -0.4 is 0 Å². The van der Waals surface area contributed by atoms with Crippen LogP contribution in [-0.4, -0.2) is 47.2 Å². The van der Waals surface area contributed by atoms with Crippen molar-refractivity contribution in [1.29, 1.82) is 0 Å². The van der Waals surface area contributed by atoms with Gasteiger partial charge in [-0.3, -0.25) is 0 Å². The second-order valence-corrected chi connectivity index (χ2v) is 6.66. The summed E-state index contributed by atoms with van der Waals surface area (Å²) in [6.07, 6.45) is 3.49. The molecule has 0 radical (unpaired) electrons. The molecule has 0 fully saturated rings. The number of thiophene rings is 1. The number of carboxylic acid groups (broad SMARTS) is 2. The van der Waals surface area contributed by atoms with E-state index in [0.717, 1.165) is 24.5 Å². The first-order chi connectivity index (χ1) is 10.9. The van der Waals surface area contributed by atoms with E-state index in [4.69, 9.17) is 31.4 Å². The van der Waals surface area contributed by atoms with Crippen molar-refractivity contribution in [2.75, 3.05) is 20.1 Å². The highest BCUT2D eigenvalue weighted by molar-refractivity contribution is 7.20. The fourth-order valence-corrected chi connectivity index (χ4v) is 3.46. The largest absolute Gasteiger partial charge is 0.473 e. The molecule has 0 unspecified atom stereocenters. The number of carbonyl (C=O) groups is 2. The zero-order chi connectivity index (χ0) is 17.0. The number of carboxylic acids is 2. The molecule has 7 heteroatoms. The van der Waals surface area contributed by atoms with Crippen LogP contribution in [0.1, 0.15) is 11.3 Å². The predicted molar refractivity (Wildman–Crippen MR) is 92.2 cm³/mol. The summed E-state index contributed by atoms with van der Waals surface area (Å²) in [4.78, 5) is 21.9. The molecule has 0 bridgehead atoms. The van der Waals surface area contributed by atoms with E-state index in [9.17, 15) is 0 Å². The molecule has 0 amide bonds. The number of benzene rings is 1. The number of aliphatic carboxylic acids is 2. The SMILES string of the molecule is CN1CC=C(c2cc3cc(Cl)ccc3s2)CC1.O=C(O)C(=O)O. The number of fused-ring (bicyclic) bond motifs is 1. The Bertz CT molecular complexity index is 757. The molecule has 1 aromatic heterocycles. The molecule has 0 atom stereocenters. The van der Waals surface area contributed by atoms with Gasteiger partial charge in [0, 0.05) is 27.7 Å². The van der Waals surface area contributed by atoms with E-state index in [1.54, 1.807) is 0 Å². The molecule has 0 spiro atoms. The van der Waals surface area contributed by atoms with Crippen molar-refractivity contribution >= 4 is 50.5 Å². The summed E-state index contributed by atoms with van der Waals surface area (Å²) < 4.78 is 1.32. The fourth-order valence-electron chi connectivity index (χ4n) is 2.17. The van der Waals surface area contributed by atoms with Crippen molar-refractivity contribution in [3.63, 3.8) is 0 Å². The minimum absolute atomic E-state index is 0.819. The Labute approximate surface area is 142 Å². The van der Waals surface area contributed by atoms with E-state index >= 15 is 0 Å². The molecular weight excluding hydrogens is 338 g/mol. The highest BCUT2D eigenvalue weighted by Crippen LogP contribution is 2.34. The van der Waals surface area contributed by atoms with E-state index in [0.29, 0.717) is 0 Å². The first kappa shape index (κ1) is 17.5. The van der Waals surface area contributed by atoms with E-state index < -0.39 is 11.9 Å². The van der Waals surface area contributed by atoms with Gasteiger partial charge < -0.3 is 15.1 Å². The molecule has 2 aromatic rings. The molecule has 0 saturated heterocycles. The molecule has 3 rings (SSSR count). The smallest absolute Gasteiger partial charge is 0.414 e. The molecule has 0 saturated carbocycles. The van der Waals surface area contributed by atoms with Crippen LogP contribution in [0.4, 0.5) is 0 Å². The average Bonchev–Trinajstić information content (AvgIpc) is 2.91. The van der Waals surface area contributed by atoms with Crippen molar-refractivity contribution < 1.29 is 19.8 Å². The van der Waals surface area contributed by atoms with Crippen LogP contribution >= 0.6 is 22.9 Å². The lowest BCUT2D eigenvalue weighted by Gasteiger charge is -2.21. The van der Waals surface area contributed by atoms with Crippen LogP contribution in [-0.2, 0) is 9.59 Å². The molecule has 1 aliphatic rings. The lowest BCUT2D eigenvalue weighted by molar-refractivity contribution is -0.159. The normalized spacial score (nSPS) is 14.8. The lowest BCUT2D eigenvalue weighted by atomic mass is 10.1. The topological polar surface area (TPSA) is 77.8 Å². The average molecular weight is 354 g/mol. The number of likely N-dealkylation sites (N-methyl/N-ethyl adjacent to an activating group) is 1. The maximum Gasteiger partial charge on any atom is 0.414 e. The Hall–Kier alpha value is -1.89. The summed E-state index contributed by atoms with van der Waals surface area (Å²) in [5.41, 5.74) is 1.49. The van der Waals surface area contributed by atoms with Gasteiger partial charge in [-0.15, -0.1) is 11.3 Å². The maximum atomic E-state index is 9.10. The molecule has 2 heterocycles. The van der Waals surface area contributed by atoms with Gasteiger partial charge in [0.25, 0.3) is 0 Å². The van der Waals surface area contributed by atoms with Crippen LogP contribution in [0.2, 0.25) is 5.02 Å². The van der Waals surface area contributed by atoms with Gasteiger partial charge >= 0.3 is 11.9 Å². The number of nitrogens with zero attached hydrogens (tertiary/aromatic N) is 1. The van der Waals surface area contributed by atoms with Crippen LogP contribution in [0.15, 0.2) is 30.3 Å². The Morgan fingerprint density at radius 3 is 2.48 bits per heavy atom. The third-order valence-corrected chi connectivity index (χ3v) is 4.82. The van der Waals surface area contributed by atoms with Gasteiger partial charge in [-0.05, 0) is 48.7 Å². The zero-order valence-electron chi connectivity index (χ0n) is 12.5. The van der Waals surface area contributed by atoms with Gasteiger partial charge in [0.1, 0.15) is 0 Å². The van der Waals surface area contributed by atoms with E-state index in [-0.39, 0.29) is 0 Å². The maximum absolute atomic E-state index is 9.10. The van der Waals surface area contributed by atoms with Gasteiger partial charge in [0.05, 0.1) is 0 Å². The Morgan fingerprint density at radius 2 is 1.91 bits per heavy atom. The van der Waals surface area contributed by atoms with Crippen molar-refractivity contribution in [2.24, 2.45) is 0 Å². The van der Waals surface area contributed by atoms with Gasteiger partial charge in [0.15, 0.2) is 0 Å². The lowest BCUT2D eigenvalue weighted by Crippen LogP contribution is -2.23. The molecule has 1 aromatic carbocycles. The second kappa shape index (κ2) is 7.59. The molecular formula is C16H16ClNO4S. The molecule has 122 valence electrons. The quantitative estimate of drug-likeness (QED) is 0.768. The van der Waals surface area contributed by atoms with Crippen molar-refractivity contribution in [1.82, 2.24) is 4.90 Å². The van der Waals surface area contributed by atoms with Crippen molar-refractivity contribution in [2.45, 2.75) is 6.42 Å². The Balaban J connectivity index is 0.000000277. The van der Waals surface area contributed by atoms with Crippen LogP contribution in [0.25, 0.3) is 15.7 Å². The first-order valence-corrected chi connectivity index (χ1v) is 8.09. The third-order valence-electron chi connectivity index (χ3n) is 3.39. The highest BCUT2D eigenvalue weighted by Gasteiger charge is 2.12. The second-order valence-electron chi connectivity index (χ2n) is 5.14. The number of hydrogen-bond acceptors (Lipinski definition) is 4. The zero-order valence-corrected chi connectivity index (χ0v) is 14.0. The molecule has 2 N–H and O–H groups in total. The molecule has 0 aliphatic carbocycles. The highest BCUT2D eigenvalue weighted by atomic mass is 35.5. The van der Waals surface area contributed by atoms with Crippen LogP contribution in [0.3, 0.4) is 0 Å². The summed E-state index contributed by atoms with van der Waals surface area (Å²) in [5, 5.41) is 16.9. The fraction of sp³-hybridized carbons (Fsp3) is 0.250. The van der Waals surface area contributed by atoms with E-state index in [1.165, 1.54) is 20.5 Å². The Morgan fingerprint density at radius 1 is 1.22 bits per heavy atom. The van der Waals surface area contributed by atoms with Gasteiger partial charge in [-0.2, -0.15) is 0 Å². The van der Waals surface area contributed by atoms with E-state index in [1.807, 2.05) is 23.5 Å². The van der Waals surface area contributed by atoms with Gasteiger partial charge in [-0.1, -0.05) is 17.7 Å². The number of rotatable bonds is 1. The molecule has 5 nitrogen and oxygen atoms in total. The first-order valence-electron chi connectivity index (χ1n) is 6.90. The van der Waals surface area contributed by atoms with Crippen molar-refractivity contribution in [3.8, 4) is 0 Å². The summed E-state index contributed by atoms with van der Waals surface area (Å²) >= 11 is 7.88. The summed E-state index contributed by atoms with van der Waals surface area (Å²) in [5.74, 6) is -3.65. The van der Waals surface area contributed by atoms with Crippen molar-refractivity contribution in [3.05, 3.63) is 40.2 Å².